The number of carbonyl (C=O) groups excluding carboxylic acids is 2. The molecule has 5 rings (SSSR count). The van der Waals surface area contributed by atoms with Crippen molar-refractivity contribution in [2.75, 3.05) is 58.3 Å². The van der Waals surface area contributed by atoms with Crippen LogP contribution in [0.25, 0.3) is 0 Å². The molecule has 1 aromatic heterocycles. The number of nitrogens with one attached hydrogen (secondary N) is 1. The summed E-state index contributed by atoms with van der Waals surface area (Å²) in [5, 5.41) is 29.0. The lowest BCUT2D eigenvalue weighted by atomic mass is 10.0. The van der Waals surface area contributed by atoms with Gasteiger partial charge in [0.05, 0.1) is 49.3 Å². The number of fused-ring (bicyclic) bond motifs is 2. The van der Waals surface area contributed by atoms with Gasteiger partial charge in [0.25, 0.3) is 5.91 Å². The number of nitrogens with zero attached hydrogens (tertiary/aromatic N) is 5. The van der Waals surface area contributed by atoms with Crippen LogP contribution in [0.15, 0.2) is 21.8 Å². The zero-order chi connectivity index (χ0) is 24.2. The number of hydrogen-bond donors (Lipinski definition) is 3. The van der Waals surface area contributed by atoms with Crippen molar-refractivity contribution in [3.8, 4) is 0 Å². The molecule has 0 aliphatic carbocycles. The van der Waals surface area contributed by atoms with Crippen LogP contribution in [0.5, 0.6) is 0 Å². The highest BCUT2D eigenvalue weighted by molar-refractivity contribution is 8.00. The molecule has 4 aliphatic rings. The SMILES string of the molecule is CN1CCC2C[N+](C)(CC3=C(C(=O)[O-])N4C[C@@H](NC(=O)/C(=N\O)c5csc(N)n5)[C@H]4SC3)CC21. The maximum absolute atomic E-state index is 12.7. The summed E-state index contributed by atoms with van der Waals surface area (Å²) in [4.78, 5) is 33.1. The van der Waals surface area contributed by atoms with E-state index < -0.39 is 11.9 Å². The largest absolute Gasteiger partial charge is 0.543 e. The lowest BCUT2D eigenvalue weighted by Gasteiger charge is -2.53. The van der Waals surface area contributed by atoms with Crippen LogP contribution in [-0.4, -0.2) is 112 Å². The van der Waals surface area contributed by atoms with E-state index in [1.54, 1.807) is 17.1 Å². The highest BCUT2D eigenvalue weighted by atomic mass is 32.2. The van der Waals surface area contributed by atoms with E-state index in [2.05, 4.69) is 34.5 Å². The Morgan fingerprint density at radius 3 is 2.88 bits per heavy atom. The van der Waals surface area contributed by atoms with Crippen molar-refractivity contribution >= 4 is 45.8 Å². The van der Waals surface area contributed by atoms with Crippen LogP contribution in [-0.2, 0) is 9.59 Å². The molecule has 3 fully saturated rings. The minimum absolute atomic E-state index is 0.200. The third kappa shape index (κ3) is 4.04. The number of likely N-dealkylation sites (N-methyl/N-ethyl adjacent to an activating group) is 2. The van der Waals surface area contributed by atoms with Crippen LogP contribution in [0.2, 0.25) is 0 Å². The van der Waals surface area contributed by atoms with Crippen molar-refractivity contribution in [1.29, 1.82) is 0 Å². The number of amides is 1. The van der Waals surface area contributed by atoms with Gasteiger partial charge < -0.3 is 35.5 Å². The molecular formula is C21H29N7O4S2. The van der Waals surface area contributed by atoms with Gasteiger partial charge in [-0.2, -0.15) is 0 Å². The molecule has 0 saturated carbocycles. The molecule has 184 valence electrons. The van der Waals surface area contributed by atoms with Gasteiger partial charge in [-0.05, 0) is 20.0 Å². The Bertz CT molecular complexity index is 1080. The fourth-order valence-corrected chi connectivity index (χ4v) is 7.89. The number of likely N-dealkylation sites (tertiary alicyclic amines) is 2. The summed E-state index contributed by atoms with van der Waals surface area (Å²) in [5.74, 6) is -0.484. The van der Waals surface area contributed by atoms with Gasteiger partial charge in [0.2, 0.25) is 0 Å². The summed E-state index contributed by atoms with van der Waals surface area (Å²) < 4.78 is 0.845. The second-order valence-corrected chi connectivity index (χ2v) is 11.9. The van der Waals surface area contributed by atoms with E-state index >= 15 is 0 Å². The van der Waals surface area contributed by atoms with E-state index in [-0.39, 0.29) is 33.6 Å². The Morgan fingerprint density at radius 1 is 1.44 bits per heavy atom. The molecule has 4 aliphatic heterocycles. The van der Waals surface area contributed by atoms with E-state index in [0.717, 1.165) is 41.0 Å². The number of hydrogen-bond acceptors (Lipinski definition) is 11. The molecule has 3 saturated heterocycles. The number of rotatable bonds is 6. The van der Waals surface area contributed by atoms with E-state index in [1.165, 1.54) is 6.42 Å². The van der Waals surface area contributed by atoms with Crippen LogP contribution in [0.1, 0.15) is 12.1 Å². The van der Waals surface area contributed by atoms with Crippen molar-refractivity contribution in [3.63, 3.8) is 0 Å². The van der Waals surface area contributed by atoms with Crippen LogP contribution in [0.3, 0.4) is 0 Å². The fourth-order valence-electron chi connectivity index (χ4n) is 5.98. The molecule has 5 heterocycles. The lowest BCUT2D eigenvalue weighted by Crippen LogP contribution is -2.68. The van der Waals surface area contributed by atoms with Gasteiger partial charge in [0.15, 0.2) is 10.8 Å². The number of thioether (sulfide) groups is 1. The summed E-state index contributed by atoms with van der Waals surface area (Å²) in [7, 11) is 4.40. The smallest absolute Gasteiger partial charge is 0.276 e. The van der Waals surface area contributed by atoms with Gasteiger partial charge in [-0.3, -0.25) is 9.69 Å². The van der Waals surface area contributed by atoms with Crippen molar-refractivity contribution < 1.29 is 24.4 Å². The van der Waals surface area contributed by atoms with E-state index in [0.29, 0.717) is 30.8 Å². The Hall–Kier alpha value is -2.35. The molecule has 11 nitrogen and oxygen atoms in total. The Balaban J connectivity index is 1.27. The number of thiazole rings is 1. The van der Waals surface area contributed by atoms with Gasteiger partial charge >= 0.3 is 0 Å². The van der Waals surface area contributed by atoms with Crippen molar-refractivity contribution in [3.05, 3.63) is 22.3 Å². The molecule has 13 heteroatoms. The lowest BCUT2D eigenvalue weighted by molar-refractivity contribution is -0.895. The quantitative estimate of drug-likeness (QED) is 0.182. The average molecular weight is 508 g/mol. The third-order valence-corrected chi connectivity index (χ3v) is 9.64. The molecule has 3 unspecified atom stereocenters. The number of carboxylic acid groups (broad SMARTS) is 1. The Kier molecular flexibility index (Phi) is 5.99. The van der Waals surface area contributed by atoms with Gasteiger partial charge in [-0.1, -0.05) is 5.16 Å². The van der Waals surface area contributed by atoms with Gasteiger partial charge in [-0.15, -0.1) is 23.1 Å². The Labute approximate surface area is 205 Å². The molecule has 0 aromatic carbocycles. The zero-order valence-electron chi connectivity index (χ0n) is 19.1. The fraction of sp³-hybridized carbons (Fsp3) is 0.619. The highest BCUT2D eigenvalue weighted by Crippen LogP contribution is 2.41. The second kappa shape index (κ2) is 8.70. The summed E-state index contributed by atoms with van der Waals surface area (Å²) in [6.45, 7) is 4.29. The first kappa shape index (κ1) is 23.4. The number of quaternary nitrogens is 1. The van der Waals surface area contributed by atoms with Gasteiger partial charge in [0, 0.05) is 29.2 Å². The summed E-state index contributed by atoms with van der Waals surface area (Å²) in [5.41, 5.74) is 6.77. The maximum Gasteiger partial charge on any atom is 0.276 e. The van der Waals surface area contributed by atoms with Crippen LogP contribution >= 0.6 is 23.1 Å². The molecule has 0 radical (unpaired) electrons. The predicted octanol–water partition coefficient (Wildman–Crippen LogP) is -1.44. The number of anilines is 1. The summed E-state index contributed by atoms with van der Waals surface area (Å²) >= 11 is 2.77. The molecule has 4 N–H and O–H groups in total. The van der Waals surface area contributed by atoms with Gasteiger partial charge in [-0.25, -0.2) is 4.98 Å². The van der Waals surface area contributed by atoms with Crippen molar-refractivity contribution in [2.45, 2.75) is 23.9 Å². The van der Waals surface area contributed by atoms with Crippen molar-refractivity contribution in [2.24, 2.45) is 11.1 Å². The molecule has 5 atom stereocenters. The Morgan fingerprint density at radius 2 is 2.24 bits per heavy atom. The standard InChI is InChI=1S/C21H29N7O4S2/c1-26-4-3-11-6-28(2,8-15(11)26)7-12-9-33-19-13(5-27(19)17(12)20(30)31)23-18(29)16(25-32)14-10-34-21(22)24-14/h10-11,13,15,19H,3-9H2,1-2H3,(H4-,22,23,24,29,30,31,32)/t11?,13-,15?,19-,28?/m1/s1. The molecule has 1 amide bonds. The minimum atomic E-state index is -1.16. The van der Waals surface area contributed by atoms with Crippen LogP contribution < -0.4 is 16.2 Å². The average Bonchev–Trinajstić information content (AvgIpc) is 3.42. The third-order valence-electron chi connectivity index (χ3n) is 7.52. The number of carboxylic acids is 1. The molecule has 0 bridgehead atoms. The van der Waals surface area contributed by atoms with E-state index in [4.69, 9.17) is 5.73 Å². The first-order valence-corrected chi connectivity index (χ1v) is 13.2. The van der Waals surface area contributed by atoms with Crippen LogP contribution in [0.4, 0.5) is 5.13 Å². The zero-order valence-corrected chi connectivity index (χ0v) is 20.8. The molecule has 34 heavy (non-hydrogen) atoms. The second-order valence-electron chi connectivity index (χ2n) is 9.93. The van der Waals surface area contributed by atoms with E-state index in [1.807, 2.05) is 4.90 Å². The normalized spacial score (nSPS) is 33.5. The maximum atomic E-state index is 12.7. The summed E-state index contributed by atoms with van der Waals surface area (Å²) in [6, 6.07) is 0.283. The molecule has 1 aromatic rings. The number of aromatic nitrogens is 1. The van der Waals surface area contributed by atoms with Crippen LogP contribution in [0, 0.1) is 5.92 Å². The van der Waals surface area contributed by atoms with Crippen molar-refractivity contribution in [1.82, 2.24) is 20.1 Å². The summed E-state index contributed by atoms with van der Waals surface area (Å²) in [6.07, 6.45) is 1.21. The predicted molar refractivity (Wildman–Crippen MR) is 127 cm³/mol. The first-order chi connectivity index (χ1) is 16.2. The van der Waals surface area contributed by atoms with E-state index in [9.17, 15) is 19.9 Å². The number of aliphatic carboxylic acids is 1. The topological polar surface area (TPSA) is 147 Å². The number of nitrogen functional groups attached to an aromatic ring is 1. The minimum Gasteiger partial charge on any atom is -0.543 e. The number of carbonyl (C=O) groups is 2. The number of nitrogens with two attached hydrogens (primary N) is 1. The highest BCUT2D eigenvalue weighted by Gasteiger charge is 2.50. The molecular weight excluding hydrogens is 478 g/mol. The van der Waals surface area contributed by atoms with Gasteiger partial charge in [0.1, 0.15) is 12.2 Å². The molecule has 0 spiro atoms. The number of oxime groups is 1. The first-order valence-electron chi connectivity index (χ1n) is 11.3. The monoisotopic (exact) mass is 507 g/mol.